The molecule has 0 radical (unpaired) electrons. The second-order valence-electron chi connectivity index (χ2n) is 20.9. The highest BCUT2D eigenvalue weighted by atomic mass is 16.8. The fraction of sp³-hybridized carbons (Fsp3) is 0.526. The van der Waals surface area contributed by atoms with Gasteiger partial charge >= 0.3 is 18.2 Å². The fourth-order valence-corrected chi connectivity index (χ4v) is 11.8. The molecule has 1 aliphatic carbocycles. The average Bonchev–Trinajstić information content (AvgIpc) is 4.15. The second-order valence-corrected chi connectivity index (χ2v) is 20.9. The summed E-state index contributed by atoms with van der Waals surface area (Å²) >= 11 is 0. The van der Waals surface area contributed by atoms with Crippen molar-refractivity contribution in [2.24, 2.45) is 11.8 Å². The van der Waals surface area contributed by atoms with Gasteiger partial charge < -0.3 is 87.9 Å². The molecule has 2 unspecified atom stereocenters. The zero-order chi connectivity index (χ0) is 53.9. The first-order valence-corrected chi connectivity index (χ1v) is 26.7. The Bertz CT molecular complexity index is 2610. The molecule has 1 saturated carbocycles. The number of fused-ring (bicyclic) bond motifs is 3. The average molecular weight is 1080 g/mol. The van der Waals surface area contributed by atoms with Crippen LogP contribution in [0.15, 0.2) is 121 Å². The van der Waals surface area contributed by atoms with Crippen molar-refractivity contribution in [3.05, 3.63) is 144 Å². The zero-order valence-corrected chi connectivity index (χ0v) is 42.7. The van der Waals surface area contributed by atoms with Gasteiger partial charge in [-0.05, 0) is 41.9 Å². The predicted octanol–water partition coefficient (Wildman–Crippen LogP) is 3.99. The van der Waals surface area contributed by atoms with Crippen LogP contribution >= 0.6 is 0 Å². The molecule has 7 fully saturated rings. The van der Waals surface area contributed by atoms with Crippen molar-refractivity contribution in [3.63, 3.8) is 0 Å². The van der Waals surface area contributed by atoms with Gasteiger partial charge in [-0.2, -0.15) is 0 Å². The number of benzene rings is 4. The normalized spacial score (nSPS) is 38.2. The minimum Gasteiger partial charge on any atom is -0.459 e. The molecule has 4 aromatic rings. The Morgan fingerprint density at radius 3 is 1.73 bits per heavy atom. The molecule has 0 spiro atoms. The monoisotopic (exact) mass is 1080 g/mol. The molecule has 21 atom stereocenters. The highest BCUT2D eigenvalue weighted by Gasteiger charge is 2.59. The van der Waals surface area contributed by atoms with E-state index < -0.39 is 141 Å². The summed E-state index contributed by atoms with van der Waals surface area (Å²) in [6.07, 6.45) is -19.6. The number of carbonyl (C=O) groups excluding carboxylic acids is 3. The summed E-state index contributed by atoms with van der Waals surface area (Å²) in [5.41, 5.74) is 3.08. The Morgan fingerprint density at radius 1 is 0.590 bits per heavy atom. The summed E-state index contributed by atoms with van der Waals surface area (Å²) in [7, 11) is 0. The van der Waals surface area contributed by atoms with Crippen LogP contribution in [-0.2, 0) is 74.9 Å². The minimum atomic E-state index is -1.67. The fourth-order valence-electron chi connectivity index (χ4n) is 11.8. The van der Waals surface area contributed by atoms with Gasteiger partial charge in [0.15, 0.2) is 25.2 Å². The lowest BCUT2D eigenvalue weighted by Crippen LogP contribution is -2.68. The van der Waals surface area contributed by atoms with E-state index in [9.17, 15) is 34.8 Å². The SMILES string of the molecule is C[C@H]1C[C@H]2CC(=O)O[C@@H]2[C@@H](O[C@@H]2O[C@H](CO)[C@@H](O[C@H]3O[C@H]4CCC(c5ccccc5)O[C@H]4[C@H](O)[C@H]3NC(=O)OCc3ccccc3)[C@H]2O)[C@@H]1O[C@H]1O[C@@H]2COC(c3ccccc3)O[C@H]2[C@H](O)[C@H]1NC(=O)OCc1ccccc1. The molecule has 4 aromatic carbocycles. The number of aliphatic hydroxyl groups excluding tert-OH is 4. The van der Waals surface area contributed by atoms with Gasteiger partial charge in [-0.1, -0.05) is 128 Å². The van der Waals surface area contributed by atoms with Crippen LogP contribution in [0, 0.1) is 11.8 Å². The summed E-state index contributed by atoms with van der Waals surface area (Å²) in [4.78, 5) is 40.2. The minimum absolute atomic E-state index is 0.0174. The number of esters is 1. The maximum Gasteiger partial charge on any atom is 0.407 e. The number of amides is 2. The summed E-state index contributed by atoms with van der Waals surface area (Å²) in [6.45, 7) is 1.05. The molecule has 0 aromatic heterocycles. The smallest absolute Gasteiger partial charge is 0.407 e. The first-order chi connectivity index (χ1) is 38.0. The molecule has 2 amide bonds. The van der Waals surface area contributed by atoms with E-state index in [2.05, 4.69) is 10.6 Å². The Morgan fingerprint density at radius 2 is 1.13 bits per heavy atom. The van der Waals surface area contributed by atoms with E-state index in [0.29, 0.717) is 24.8 Å². The molecule has 11 rings (SSSR count). The van der Waals surface area contributed by atoms with Gasteiger partial charge in [-0.15, -0.1) is 0 Å². The third-order valence-corrected chi connectivity index (χ3v) is 15.7. The molecule has 7 aliphatic rings. The highest BCUT2D eigenvalue weighted by Crippen LogP contribution is 2.45. The summed E-state index contributed by atoms with van der Waals surface area (Å²) in [5.74, 6) is -1.21. The number of hydrogen-bond acceptors (Lipinski definition) is 19. The standard InChI is InChI=1S/C57H66N2O19/c1-30-24-35-25-40(61)74-47(35)51(46(30)75-54-42(59-57(66)69-28-32-16-8-3-9-17-32)44(63)50-39(73-54)29-67-52(76-50)34-20-12-5-13-21-34)78-55-45(64)49(38(26-60)72-55)77-53-41(58-56(65)68-27-31-14-6-2-7-15-31)43(62)48-37(71-53)23-22-36(70-48)33-18-10-4-11-19-33/h2-21,30,35-39,41-55,60,62-64H,22-29H2,1H3,(H,58,65)(H,59,66)/t30-,35-,36?,37-,38+,39+,41+,42+,43+,44+,45+,46+,47-,48+,49+,50+,51-,52?,53+,54+,55-/m0/s1. The van der Waals surface area contributed by atoms with Crippen molar-refractivity contribution in [3.8, 4) is 0 Å². The van der Waals surface area contributed by atoms with Crippen LogP contribution < -0.4 is 10.6 Å². The van der Waals surface area contributed by atoms with Crippen molar-refractivity contribution < 1.29 is 91.7 Å². The predicted molar refractivity (Wildman–Crippen MR) is 268 cm³/mol. The van der Waals surface area contributed by atoms with E-state index in [1.807, 2.05) is 104 Å². The Kier molecular flexibility index (Phi) is 17.0. The molecular formula is C57H66N2O19. The van der Waals surface area contributed by atoms with Crippen molar-refractivity contribution in [2.45, 2.75) is 162 Å². The number of nitrogens with one attached hydrogen (secondary N) is 2. The molecule has 418 valence electrons. The number of carbonyl (C=O) groups is 3. The van der Waals surface area contributed by atoms with Crippen LogP contribution in [0.4, 0.5) is 9.59 Å². The van der Waals surface area contributed by atoms with E-state index >= 15 is 0 Å². The maximum absolute atomic E-state index is 13.6. The van der Waals surface area contributed by atoms with Crippen LogP contribution in [0.5, 0.6) is 0 Å². The Labute approximate surface area is 450 Å². The number of alkyl carbamates (subject to hydrolysis) is 2. The maximum atomic E-state index is 13.6. The van der Waals surface area contributed by atoms with E-state index in [4.69, 9.17) is 56.8 Å². The lowest BCUT2D eigenvalue weighted by atomic mass is 9.76. The van der Waals surface area contributed by atoms with Gasteiger partial charge in [0.25, 0.3) is 0 Å². The van der Waals surface area contributed by atoms with Crippen LogP contribution in [0.25, 0.3) is 0 Å². The summed E-state index contributed by atoms with van der Waals surface area (Å²) < 4.78 is 75.2. The molecule has 6 heterocycles. The number of aliphatic hydroxyl groups is 4. The molecule has 21 heteroatoms. The molecule has 78 heavy (non-hydrogen) atoms. The molecule has 0 bridgehead atoms. The van der Waals surface area contributed by atoms with E-state index in [-0.39, 0.29) is 38.3 Å². The van der Waals surface area contributed by atoms with E-state index in [1.165, 1.54) is 0 Å². The van der Waals surface area contributed by atoms with Crippen LogP contribution in [0.2, 0.25) is 0 Å². The van der Waals surface area contributed by atoms with Crippen LogP contribution in [0.3, 0.4) is 0 Å². The summed E-state index contributed by atoms with van der Waals surface area (Å²) in [6, 6.07) is 34.2. The quantitative estimate of drug-likeness (QED) is 0.0726. The molecule has 6 saturated heterocycles. The van der Waals surface area contributed by atoms with Crippen LogP contribution in [-0.4, -0.2) is 156 Å². The largest absolute Gasteiger partial charge is 0.459 e. The Hall–Kier alpha value is -5.63. The number of rotatable bonds is 15. The van der Waals surface area contributed by atoms with Crippen molar-refractivity contribution in [1.82, 2.24) is 10.6 Å². The molecular weight excluding hydrogens is 1020 g/mol. The van der Waals surface area contributed by atoms with E-state index in [0.717, 1.165) is 16.7 Å². The van der Waals surface area contributed by atoms with Gasteiger partial charge in [-0.3, -0.25) is 4.79 Å². The number of ether oxygens (including phenoxy) is 12. The second kappa shape index (κ2) is 24.4. The zero-order valence-electron chi connectivity index (χ0n) is 42.7. The lowest BCUT2D eigenvalue weighted by Gasteiger charge is -2.50. The van der Waals surface area contributed by atoms with Gasteiger partial charge in [0, 0.05) is 11.5 Å². The van der Waals surface area contributed by atoms with Crippen molar-refractivity contribution in [2.75, 3.05) is 13.2 Å². The summed E-state index contributed by atoms with van der Waals surface area (Å²) in [5, 5.41) is 52.8. The third kappa shape index (κ3) is 11.9. The highest BCUT2D eigenvalue weighted by molar-refractivity contribution is 5.72. The van der Waals surface area contributed by atoms with Gasteiger partial charge in [0.2, 0.25) is 0 Å². The van der Waals surface area contributed by atoms with Gasteiger partial charge in [-0.25, -0.2) is 9.59 Å². The van der Waals surface area contributed by atoms with Crippen molar-refractivity contribution >= 4 is 18.2 Å². The first kappa shape index (κ1) is 54.3. The van der Waals surface area contributed by atoms with Crippen molar-refractivity contribution in [1.29, 1.82) is 0 Å². The molecule has 6 aliphatic heterocycles. The van der Waals surface area contributed by atoms with Crippen LogP contribution in [0.1, 0.15) is 67.3 Å². The molecule has 6 N–H and O–H groups in total. The first-order valence-electron chi connectivity index (χ1n) is 26.7. The van der Waals surface area contributed by atoms with Gasteiger partial charge in [0.1, 0.15) is 86.3 Å². The molecule has 21 nitrogen and oxygen atoms in total. The van der Waals surface area contributed by atoms with E-state index in [1.54, 1.807) is 24.3 Å². The Balaban J connectivity index is 0.825. The third-order valence-electron chi connectivity index (χ3n) is 15.7. The lowest BCUT2D eigenvalue weighted by molar-refractivity contribution is -0.360. The topological polar surface area (TPSA) is 267 Å². The number of hydrogen-bond donors (Lipinski definition) is 6. The van der Waals surface area contributed by atoms with Gasteiger partial charge in [0.05, 0.1) is 37.9 Å².